The van der Waals surface area contributed by atoms with Crippen LogP contribution in [-0.2, 0) is 0 Å². The first-order valence-electron chi connectivity index (χ1n) is 3.50. The smallest absolute Gasteiger partial charge is 0.102 e. The molecule has 0 bridgehead atoms. The van der Waals surface area contributed by atoms with E-state index in [0.717, 1.165) is 17.4 Å². The van der Waals surface area contributed by atoms with Crippen LogP contribution in [0.4, 0.5) is 0 Å². The SMILES string of the molecule is N#Cc1c(I)sc2cccc(I)c12. The minimum atomic E-state index is 0.825. The molecule has 0 aliphatic carbocycles. The highest BCUT2D eigenvalue weighted by molar-refractivity contribution is 14.1. The van der Waals surface area contributed by atoms with Crippen molar-refractivity contribution in [2.24, 2.45) is 0 Å². The lowest BCUT2D eigenvalue weighted by molar-refractivity contribution is 1.51. The van der Waals surface area contributed by atoms with Crippen LogP contribution < -0.4 is 0 Å². The van der Waals surface area contributed by atoms with E-state index in [-0.39, 0.29) is 0 Å². The predicted molar refractivity (Wildman–Crippen MR) is 72.0 cm³/mol. The van der Waals surface area contributed by atoms with Crippen molar-refractivity contribution in [3.05, 3.63) is 30.2 Å². The number of benzene rings is 1. The van der Waals surface area contributed by atoms with Crippen LogP contribution in [0.2, 0.25) is 0 Å². The van der Waals surface area contributed by atoms with Gasteiger partial charge in [0, 0.05) is 13.7 Å². The number of hydrogen-bond acceptors (Lipinski definition) is 2. The predicted octanol–water partition coefficient (Wildman–Crippen LogP) is 3.98. The van der Waals surface area contributed by atoms with Gasteiger partial charge in [-0.05, 0) is 57.3 Å². The van der Waals surface area contributed by atoms with E-state index in [9.17, 15) is 0 Å². The normalized spacial score (nSPS) is 10.2. The zero-order valence-electron chi connectivity index (χ0n) is 6.34. The standard InChI is InChI=1S/C9H3I2NS/c10-6-2-1-3-7-8(6)5(4-12)9(11)13-7/h1-3H. The van der Waals surface area contributed by atoms with E-state index < -0.39 is 0 Å². The average molecular weight is 411 g/mol. The van der Waals surface area contributed by atoms with Gasteiger partial charge < -0.3 is 0 Å². The third-order valence-corrected chi connectivity index (χ3v) is 4.78. The van der Waals surface area contributed by atoms with Crippen molar-refractivity contribution in [2.45, 2.75) is 0 Å². The second kappa shape index (κ2) is 3.71. The maximum absolute atomic E-state index is 8.98. The number of halogens is 2. The van der Waals surface area contributed by atoms with E-state index in [0.29, 0.717) is 0 Å². The van der Waals surface area contributed by atoms with Gasteiger partial charge in [0.15, 0.2) is 0 Å². The molecule has 0 spiro atoms. The summed E-state index contributed by atoms with van der Waals surface area (Å²) in [6.45, 7) is 0. The Morgan fingerprint density at radius 1 is 1.31 bits per heavy atom. The monoisotopic (exact) mass is 411 g/mol. The Labute approximate surface area is 107 Å². The number of nitriles is 1. The largest absolute Gasteiger partial charge is 0.192 e. The molecule has 0 fully saturated rings. The van der Waals surface area contributed by atoms with Crippen molar-refractivity contribution in [3.8, 4) is 6.07 Å². The second-order valence-electron chi connectivity index (χ2n) is 2.48. The van der Waals surface area contributed by atoms with Gasteiger partial charge in [-0.25, -0.2) is 0 Å². The fourth-order valence-electron chi connectivity index (χ4n) is 1.18. The summed E-state index contributed by atoms with van der Waals surface area (Å²) in [5, 5.41) is 10.1. The average Bonchev–Trinajstić information content (AvgIpc) is 2.42. The van der Waals surface area contributed by atoms with Crippen molar-refractivity contribution < 1.29 is 0 Å². The summed E-state index contributed by atoms with van der Waals surface area (Å²) in [4.78, 5) is 0. The van der Waals surface area contributed by atoms with Crippen LogP contribution in [0.5, 0.6) is 0 Å². The van der Waals surface area contributed by atoms with E-state index >= 15 is 0 Å². The molecule has 0 unspecified atom stereocenters. The van der Waals surface area contributed by atoms with E-state index in [2.05, 4.69) is 57.3 Å². The van der Waals surface area contributed by atoms with Crippen LogP contribution in [-0.4, -0.2) is 0 Å². The van der Waals surface area contributed by atoms with Gasteiger partial charge in [0.1, 0.15) is 6.07 Å². The van der Waals surface area contributed by atoms with Gasteiger partial charge in [0.25, 0.3) is 0 Å². The Morgan fingerprint density at radius 2 is 2.08 bits per heavy atom. The Bertz CT molecular complexity index is 510. The van der Waals surface area contributed by atoms with E-state index in [4.69, 9.17) is 5.26 Å². The first-order valence-corrected chi connectivity index (χ1v) is 6.48. The lowest BCUT2D eigenvalue weighted by atomic mass is 10.2. The molecule has 1 nitrogen and oxygen atoms in total. The van der Waals surface area contributed by atoms with Crippen molar-refractivity contribution >= 4 is 66.6 Å². The van der Waals surface area contributed by atoms with Gasteiger partial charge in [0.05, 0.1) is 8.45 Å². The number of fused-ring (bicyclic) bond motifs is 1. The summed E-state index contributed by atoms with van der Waals surface area (Å²) < 4.78 is 3.44. The van der Waals surface area contributed by atoms with Crippen LogP contribution in [0.25, 0.3) is 10.1 Å². The molecule has 0 saturated carbocycles. The van der Waals surface area contributed by atoms with Gasteiger partial charge in [0.2, 0.25) is 0 Å². The summed E-state index contributed by atoms with van der Waals surface area (Å²) in [6.07, 6.45) is 0. The Kier molecular flexibility index (Phi) is 2.76. The third-order valence-electron chi connectivity index (χ3n) is 1.73. The summed E-state index contributed by atoms with van der Waals surface area (Å²) in [6, 6.07) is 8.38. The summed E-state index contributed by atoms with van der Waals surface area (Å²) >= 11 is 6.17. The molecule has 0 saturated heterocycles. The number of thiophene rings is 1. The zero-order valence-corrected chi connectivity index (χ0v) is 11.5. The molecule has 1 aromatic heterocycles. The van der Waals surface area contributed by atoms with Crippen molar-refractivity contribution in [2.75, 3.05) is 0 Å². The van der Waals surface area contributed by atoms with Crippen molar-refractivity contribution in [3.63, 3.8) is 0 Å². The van der Waals surface area contributed by atoms with Crippen LogP contribution in [0.3, 0.4) is 0 Å². The minimum absolute atomic E-state index is 0.825. The Morgan fingerprint density at radius 3 is 2.77 bits per heavy atom. The molecule has 2 aromatic rings. The maximum Gasteiger partial charge on any atom is 0.102 e. The molecule has 0 amide bonds. The van der Waals surface area contributed by atoms with Gasteiger partial charge in [-0.2, -0.15) is 5.26 Å². The number of rotatable bonds is 0. The van der Waals surface area contributed by atoms with E-state index in [1.165, 1.54) is 4.70 Å². The second-order valence-corrected chi connectivity index (χ2v) is 6.50. The molecular formula is C9H3I2NS. The highest BCUT2D eigenvalue weighted by atomic mass is 127. The topological polar surface area (TPSA) is 23.8 Å². The van der Waals surface area contributed by atoms with E-state index in [1.807, 2.05) is 12.1 Å². The molecule has 13 heavy (non-hydrogen) atoms. The lowest BCUT2D eigenvalue weighted by Crippen LogP contribution is -1.76. The molecule has 0 aliphatic rings. The van der Waals surface area contributed by atoms with Crippen LogP contribution in [0.15, 0.2) is 18.2 Å². The van der Waals surface area contributed by atoms with Crippen molar-refractivity contribution in [1.29, 1.82) is 5.26 Å². The Hall–Kier alpha value is 0.130. The Balaban J connectivity index is 2.99. The van der Waals surface area contributed by atoms with Gasteiger partial charge in [-0.15, -0.1) is 11.3 Å². The molecule has 4 heteroatoms. The van der Waals surface area contributed by atoms with Gasteiger partial charge in [-0.3, -0.25) is 0 Å². The van der Waals surface area contributed by atoms with Crippen LogP contribution in [0.1, 0.15) is 5.56 Å². The van der Waals surface area contributed by atoms with Gasteiger partial charge >= 0.3 is 0 Å². The van der Waals surface area contributed by atoms with Crippen molar-refractivity contribution in [1.82, 2.24) is 0 Å². The first kappa shape index (κ1) is 9.68. The number of nitrogens with zero attached hydrogens (tertiary/aromatic N) is 1. The van der Waals surface area contributed by atoms with Crippen LogP contribution in [0, 0.1) is 17.8 Å². The molecular weight excluding hydrogens is 408 g/mol. The molecule has 0 atom stereocenters. The quantitative estimate of drug-likeness (QED) is 0.602. The highest BCUT2D eigenvalue weighted by Gasteiger charge is 2.11. The molecule has 0 radical (unpaired) electrons. The molecule has 1 heterocycles. The minimum Gasteiger partial charge on any atom is -0.192 e. The van der Waals surface area contributed by atoms with Crippen LogP contribution >= 0.6 is 56.5 Å². The third kappa shape index (κ3) is 1.57. The summed E-state index contributed by atoms with van der Waals surface area (Å²) in [5.74, 6) is 0. The molecule has 2 rings (SSSR count). The lowest BCUT2D eigenvalue weighted by Gasteiger charge is -1.92. The van der Waals surface area contributed by atoms with E-state index in [1.54, 1.807) is 11.3 Å². The summed E-state index contributed by atoms with van der Waals surface area (Å²) in [5.41, 5.74) is 0.825. The molecule has 64 valence electrons. The highest BCUT2D eigenvalue weighted by Crippen LogP contribution is 2.34. The molecule has 0 aliphatic heterocycles. The summed E-state index contributed by atoms with van der Waals surface area (Å²) in [7, 11) is 0. The number of hydrogen-bond donors (Lipinski definition) is 0. The fourth-order valence-corrected chi connectivity index (χ4v) is 4.13. The fraction of sp³-hybridized carbons (Fsp3) is 0. The zero-order chi connectivity index (χ0) is 9.42. The maximum atomic E-state index is 8.98. The molecule has 0 N–H and O–H groups in total. The molecule has 1 aromatic carbocycles. The first-order chi connectivity index (χ1) is 6.24. The van der Waals surface area contributed by atoms with Gasteiger partial charge in [-0.1, -0.05) is 6.07 Å².